The maximum Gasteiger partial charge on any atom is 0.302 e. The third-order valence-electron chi connectivity index (χ3n) is 10.4. The van der Waals surface area contributed by atoms with Gasteiger partial charge in [-0.1, -0.05) is 60.7 Å². The zero-order valence-electron chi connectivity index (χ0n) is 29.9. The van der Waals surface area contributed by atoms with Crippen molar-refractivity contribution in [3.63, 3.8) is 0 Å². The van der Waals surface area contributed by atoms with Gasteiger partial charge in [0.05, 0.1) is 0 Å². The van der Waals surface area contributed by atoms with E-state index in [2.05, 4.69) is 141 Å². The lowest BCUT2D eigenvalue weighted by Crippen LogP contribution is -3.00. The Morgan fingerprint density at radius 3 is 1.02 bits per heavy atom. The zero-order valence-corrected chi connectivity index (χ0v) is 34.7. The Hall–Kier alpha value is -5.09. The maximum absolute atomic E-state index is 11.2. The van der Waals surface area contributed by atoms with Crippen LogP contribution in [-0.2, 0) is 35.8 Å². The van der Waals surface area contributed by atoms with Crippen molar-refractivity contribution < 1.29 is 74.2 Å². The van der Waals surface area contributed by atoms with Crippen LogP contribution in [0, 0.1) is 0 Å². The number of aromatic nitrogens is 4. The lowest BCUT2D eigenvalue weighted by Gasteiger charge is -2.10. The number of nitrogens with zero attached hydrogens (tertiary/aromatic N) is 4. The summed E-state index contributed by atoms with van der Waals surface area (Å²) in [5.41, 5.74) is 4.74. The number of hydrogen-bond donors (Lipinski definition) is 0. The Morgan fingerprint density at radius 1 is 0.436 bits per heavy atom. The van der Waals surface area contributed by atoms with Crippen molar-refractivity contribution in [1.82, 2.24) is 4.98 Å². The van der Waals surface area contributed by atoms with Gasteiger partial charge in [0.25, 0.3) is 0 Å². The van der Waals surface area contributed by atoms with Gasteiger partial charge in [0.2, 0.25) is 0 Å². The second kappa shape index (κ2) is 15.6. The predicted octanol–water partition coefficient (Wildman–Crippen LogP) is -1.04. The normalized spacial score (nSPS) is 11.3. The van der Waals surface area contributed by atoms with Gasteiger partial charge in [0.15, 0.2) is 56.8 Å². The molecule has 0 unspecified atom stereocenters. The highest BCUT2D eigenvalue weighted by atomic mass is 79.9. The fourth-order valence-electron chi connectivity index (χ4n) is 8.03. The largest absolute Gasteiger partial charge is 1.00 e. The Kier molecular flexibility index (Phi) is 10.8. The number of benzene rings is 6. The molecule has 10 rings (SSSR count). The minimum absolute atomic E-state index is 0. The Balaban J connectivity index is 0.00000155. The van der Waals surface area contributed by atoms with E-state index in [9.17, 15) is 4.79 Å². The first kappa shape index (κ1) is 38.2. The number of carbonyl (C=O) groups is 1. The molecule has 6 nitrogen and oxygen atoms in total. The van der Waals surface area contributed by atoms with Crippen LogP contribution in [0.25, 0.3) is 64.6 Å². The molecule has 0 saturated carbocycles. The van der Waals surface area contributed by atoms with E-state index in [-0.39, 0.29) is 56.9 Å². The predicted molar refractivity (Wildman–Crippen MR) is 204 cm³/mol. The van der Waals surface area contributed by atoms with E-state index in [4.69, 9.17) is 4.74 Å². The standard InChI is InChI=1S/C46H35N4O2.3BrH/c1-30(51)52-29-34-8-6-33(7-9-34)22-50-27-41-16-14-39-25-49(26-40-15-17-42(28-50)46(41)45(39)40)21-32-4-2-31(3-5-32)20-48-23-37-12-10-35-18-47-19-36-11-13-38(24-48)44(37)43(35)36;;;/h2-19,23-28H,20-22,29H2,1H3;3*1H/q+3;;;/p-3. The number of carbonyl (C=O) groups excluding carboxylic acids is 1. The number of esters is 1. The van der Waals surface area contributed by atoms with Crippen LogP contribution in [0.15, 0.2) is 147 Å². The molecule has 0 amide bonds. The topological polar surface area (TPSA) is 50.8 Å². The van der Waals surface area contributed by atoms with Gasteiger partial charge in [-0.2, -0.15) is 13.7 Å². The molecule has 0 atom stereocenters. The number of halogens is 3. The molecule has 0 fully saturated rings. The molecule has 9 heteroatoms. The summed E-state index contributed by atoms with van der Waals surface area (Å²) in [5, 5.41) is 15.1. The van der Waals surface area contributed by atoms with E-state index >= 15 is 0 Å². The van der Waals surface area contributed by atoms with Crippen LogP contribution in [-0.4, -0.2) is 11.0 Å². The van der Waals surface area contributed by atoms with Crippen molar-refractivity contribution in [1.29, 1.82) is 0 Å². The number of pyridine rings is 4. The summed E-state index contributed by atoms with van der Waals surface area (Å²) < 4.78 is 12.0. The first-order valence-electron chi connectivity index (χ1n) is 17.7. The summed E-state index contributed by atoms with van der Waals surface area (Å²) in [6, 6.07) is 35.1. The van der Waals surface area contributed by atoms with Gasteiger partial charge in [-0.25, -0.2) is 0 Å². The average Bonchev–Trinajstić information content (AvgIpc) is 3.16. The maximum atomic E-state index is 11.2. The minimum Gasteiger partial charge on any atom is -1.00 e. The first-order valence-corrected chi connectivity index (χ1v) is 17.7. The fraction of sp³-hybridized carbons (Fsp3) is 0.109. The van der Waals surface area contributed by atoms with E-state index in [1.165, 1.54) is 88.2 Å². The lowest BCUT2D eigenvalue weighted by atomic mass is 9.97. The number of rotatable bonds is 8. The van der Waals surface area contributed by atoms with Crippen LogP contribution >= 0.6 is 0 Å². The van der Waals surface area contributed by atoms with Gasteiger partial charge in [0.1, 0.15) is 6.61 Å². The quantitative estimate of drug-likeness (QED) is 0.111. The average molecular weight is 916 g/mol. The van der Waals surface area contributed by atoms with Crippen LogP contribution in [0.2, 0.25) is 0 Å². The van der Waals surface area contributed by atoms with E-state index in [0.29, 0.717) is 6.61 Å². The molecule has 4 aromatic heterocycles. The third-order valence-corrected chi connectivity index (χ3v) is 10.4. The molecule has 10 aromatic rings. The number of ether oxygens (including phenoxy) is 1. The van der Waals surface area contributed by atoms with Crippen LogP contribution in [0.4, 0.5) is 0 Å². The first-order chi connectivity index (χ1) is 25.5. The smallest absolute Gasteiger partial charge is 0.302 e. The summed E-state index contributed by atoms with van der Waals surface area (Å²) in [6.07, 6.45) is 17.5. The summed E-state index contributed by atoms with van der Waals surface area (Å²) >= 11 is 0. The second-order valence-corrected chi connectivity index (χ2v) is 14.1. The van der Waals surface area contributed by atoms with Gasteiger partial charge in [-0.3, -0.25) is 9.78 Å². The van der Waals surface area contributed by atoms with Crippen LogP contribution in [0.5, 0.6) is 0 Å². The molecule has 0 spiro atoms. The van der Waals surface area contributed by atoms with E-state index in [1.807, 2.05) is 24.5 Å². The Labute approximate surface area is 349 Å². The summed E-state index contributed by atoms with van der Waals surface area (Å²) in [5.74, 6) is -0.265. The van der Waals surface area contributed by atoms with E-state index < -0.39 is 0 Å². The van der Waals surface area contributed by atoms with Crippen LogP contribution < -0.4 is 64.6 Å². The van der Waals surface area contributed by atoms with Crippen LogP contribution in [0.3, 0.4) is 0 Å². The molecule has 0 aliphatic carbocycles. The highest BCUT2D eigenvalue weighted by Gasteiger charge is 2.18. The molecule has 4 heterocycles. The molecular weight excluding hydrogens is 880 g/mol. The van der Waals surface area contributed by atoms with Gasteiger partial charge in [-0.05, 0) is 42.0 Å². The van der Waals surface area contributed by atoms with Gasteiger partial charge in [0, 0.05) is 101 Å². The highest BCUT2D eigenvalue weighted by Crippen LogP contribution is 2.34. The lowest BCUT2D eigenvalue weighted by molar-refractivity contribution is -0.686. The van der Waals surface area contributed by atoms with Crippen molar-refractivity contribution in [2.75, 3.05) is 0 Å². The SMILES string of the molecule is CC(=O)OCc1ccc(C[n+]2cc3ccc4c[n+](Cc5ccc(C[n+]6cc7ccc8cncc9ccc(c6)c7c89)cc5)cc5ccc(c2)c3c45)cc1.[Br-].[Br-].[Br-]. The molecule has 6 aromatic carbocycles. The molecule has 0 aliphatic rings. The molecule has 55 heavy (non-hydrogen) atoms. The molecular formula is C46H35Br3N4O2. The molecule has 0 N–H and O–H groups in total. The molecule has 0 aliphatic heterocycles. The van der Waals surface area contributed by atoms with Crippen molar-refractivity contribution >= 4 is 70.6 Å². The third kappa shape index (κ3) is 7.24. The molecule has 272 valence electrons. The summed E-state index contributed by atoms with van der Waals surface area (Å²) in [4.78, 5) is 15.6. The van der Waals surface area contributed by atoms with Crippen molar-refractivity contribution in [2.45, 2.75) is 33.2 Å². The van der Waals surface area contributed by atoms with E-state index in [1.54, 1.807) is 0 Å². The minimum atomic E-state index is -0.265. The van der Waals surface area contributed by atoms with Gasteiger partial charge < -0.3 is 55.7 Å². The fourth-order valence-corrected chi connectivity index (χ4v) is 8.03. The summed E-state index contributed by atoms with van der Waals surface area (Å²) in [6.45, 7) is 4.12. The second-order valence-electron chi connectivity index (χ2n) is 14.1. The van der Waals surface area contributed by atoms with E-state index in [0.717, 1.165) is 25.2 Å². The van der Waals surface area contributed by atoms with Gasteiger partial charge >= 0.3 is 5.97 Å². The van der Waals surface area contributed by atoms with Gasteiger partial charge in [-0.15, -0.1) is 0 Å². The zero-order chi connectivity index (χ0) is 34.8. The Bertz CT molecular complexity index is 2840. The summed E-state index contributed by atoms with van der Waals surface area (Å²) in [7, 11) is 0. The van der Waals surface area contributed by atoms with Crippen molar-refractivity contribution in [3.8, 4) is 0 Å². The Morgan fingerprint density at radius 2 is 0.709 bits per heavy atom. The highest BCUT2D eigenvalue weighted by molar-refractivity contribution is 6.22. The molecule has 0 radical (unpaired) electrons. The number of hydrogen-bond acceptors (Lipinski definition) is 3. The van der Waals surface area contributed by atoms with Crippen molar-refractivity contribution in [3.05, 3.63) is 169 Å². The van der Waals surface area contributed by atoms with Crippen LogP contribution in [0.1, 0.15) is 29.2 Å². The monoisotopic (exact) mass is 912 g/mol. The molecule has 0 saturated heterocycles. The van der Waals surface area contributed by atoms with Crippen molar-refractivity contribution in [2.24, 2.45) is 0 Å². The molecule has 0 bridgehead atoms.